The molecule has 0 atom stereocenters. The summed E-state index contributed by atoms with van der Waals surface area (Å²) in [5, 5.41) is 7.55. The third-order valence-corrected chi connectivity index (χ3v) is 3.52. The molecule has 2 aliphatic heterocycles. The molecule has 1 aromatic heterocycles. The lowest BCUT2D eigenvalue weighted by Gasteiger charge is -2.39. The number of H-pyrrole nitrogens is 1. The molecular formula is C11H17N3O. The van der Waals surface area contributed by atoms with Crippen LogP contribution in [0.1, 0.15) is 23.9 Å². The molecule has 0 aromatic carbocycles. The van der Waals surface area contributed by atoms with Crippen molar-refractivity contribution in [2.45, 2.75) is 32.4 Å². The molecule has 15 heavy (non-hydrogen) atoms. The Labute approximate surface area is 89.6 Å². The lowest BCUT2D eigenvalue weighted by molar-refractivity contribution is -0.0698. The second kappa shape index (κ2) is 3.61. The SMILES string of the molecule is CCc1n[nH]c2c1CCN(C1COC1)C2. The minimum absolute atomic E-state index is 0.645. The molecule has 0 aliphatic carbocycles. The molecule has 3 rings (SSSR count). The summed E-state index contributed by atoms with van der Waals surface area (Å²) in [6, 6.07) is 0.645. The topological polar surface area (TPSA) is 41.2 Å². The van der Waals surface area contributed by atoms with Gasteiger partial charge in [0.05, 0.1) is 30.6 Å². The predicted octanol–water partition coefficient (Wildman–Crippen LogP) is 0.729. The van der Waals surface area contributed by atoms with Gasteiger partial charge in [0.2, 0.25) is 0 Å². The standard InChI is InChI=1S/C11H17N3O/c1-2-10-9-3-4-14(8-6-15-7-8)5-11(9)13-12-10/h8H,2-7H2,1H3,(H,12,13). The highest BCUT2D eigenvalue weighted by Crippen LogP contribution is 2.23. The largest absolute Gasteiger partial charge is 0.378 e. The van der Waals surface area contributed by atoms with Crippen molar-refractivity contribution in [1.29, 1.82) is 0 Å². The average Bonchev–Trinajstić information content (AvgIpc) is 2.57. The van der Waals surface area contributed by atoms with E-state index >= 15 is 0 Å². The summed E-state index contributed by atoms with van der Waals surface area (Å²) in [7, 11) is 0. The van der Waals surface area contributed by atoms with Gasteiger partial charge in [0.1, 0.15) is 0 Å². The minimum Gasteiger partial charge on any atom is -0.378 e. The monoisotopic (exact) mass is 207 g/mol. The highest BCUT2D eigenvalue weighted by molar-refractivity contribution is 5.27. The van der Waals surface area contributed by atoms with Crippen LogP contribution in [0.5, 0.6) is 0 Å². The average molecular weight is 207 g/mol. The Morgan fingerprint density at radius 3 is 3.07 bits per heavy atom. The number of ether oxygens (including phenoxy) is 1. The fourth-order valence-electron chi connectivity index (χ4n) is 2.45. The van der Waals surface area contributed by atoms with Crippen molar-refractivity contribution in [2.24, 2.45) is 0 Å². The Morgan fingerprint density at radius 2 is 2.40 bits per heavy atom. The molecule has 1 fully saturated rings. The fraction of sp³-hybridized carbons (Fsp3) is 0.727. The summed E-state index contributed by atoms with van der Waals surface area (Å²) in [6.45, 7) is 6.17. The first kappa shape index (κ1) is 9.36. The minimum atomic E-state index is 0.645. The van der Waals surface area contributed by atoms with Crippen LogP contribution in [-0.2, 0) is 24.1 Å². The highest BCUT2D eigenvalue weighted by Gasteiger charge is 2.30. The van der Waals surface area contributed by atoms with Crippen molar-refractivity contribution < 1.29 is 4.74 Å². The van der Waals surface area contributed by atoms with E-state index in [9.17, 15) is 0 Å². The number of aromatic nitrogens is 2. The van der Waals surface area contributed by atoms with E-state index in [1.54, 1.807) is 0 Å². The molecule has 1 aromatic rings. The quantitative estimate of drug-likeness (QED) is 0.777. The summed E-state index contributed by atoms with van der Waals surface area (Å²) >= 11 is 0. The van der Waals surface area contributed by atoms with Crippen LogP contribution in [0.15, 0.2) is 0 Å². The summed E-state index contributed by atoms with van der Waals surface area (Å²) in [6.07, 6.45) is 2.18. The zero-order valence-electron chi connectivity index (χ0n) is 9.12. The Balaban J connectivity index is 1.78. The van der Waals surface area contributed by atoms with Gasteiger partial charge < -0.3 is 4.74 Å². The van der Waals surface area contributed by atoms with Crippen molar-refractivity contribution in [2.75, 3.05) is 19.8 Å². The van der Waals surface area contributed by atoms with Crippen molar-refractivity contribution in [3.8, 4) is 0 Å². The predicted molar refractivity (Wildman–Crippen MR) is 56.7 cm³/mol. The first-order chi connectivity index (χ1) is 7.38. The van der Waals surface area contributed by atoms with Gasteiger partial charge in [-0.05, 0) is 18.4 Å². The molecule has 1 N–H and O–H groups in total. The van der Waals surface area contributed by atoms with E-state index < -0.39 is 0 Å². The number of aromatic amines is 1. The Hall–Kier alpha value is -0.870. The number of rotatable bonds is 2. The van der Waals surface area contributed by atoms with Crippen LogP contribution in [0.2, 0.25) is 0 Å². The smallest absolute Gasteiger partial charge is 0.0655 e. The van der Waals surface area contributed by atoms with Crippen LogP contribution in [0.4, 0.5) is 0 Å². The van der Waals surface area contributed by atoms with Crippen LogP contribution < -0.4 is 0 Å². The first-order valence-corrected chi connectivity index (χ1v) is 5.75. The van der Waals surface area contributed by atoms with Gasteiger partial charge >= 0.3 is 0 Å². The molecule has 4 nitrogen and oxygen atoms in total. The van der Waals surface area contributed by atoms with Crippen molar-refractivity contribution in [1.82, 2.24) is 15.1 Å². The summed E-state index contributed by atoms with van der Waals surface area (Å²) in [4.78, 5) is 2.50. The molecule has 0 spiro atoms. The van der Waals surface area contributed by atoms with Gasteiger partial charge in [-0.1, -0.05) is 6.92 Å². The highest BCUT2D eigenvalue weighted by atomic mass is 16.5. The summed E-state index contributed by atoms with van der Waals surface area (Å²) < 4.78 is 5.23. The van der Waals surface area contributed by atoms with E-state index in [1.807, 2.05) is 0 Å². The maximum absolute atomic E-state index is 5.23. The third kappa shape index (κ3) is 1.48. The number of hydrogen-bond donors (Lipinski definition) is 1. The van der Waals surface area contributed by atoms with E-state index in [0.717, 1.165) is 39.1 Å². The van der Waals surface area contributed by atoms with Gasteiger partial charge in [0.25, 0.3) is 0 Å². The molecule has 3 heterocycles. The maximum Gasteiger partial charge on any atom is 0.0655 e. The first-order valence-electron chi connectivity index (χ1n) is 5.75. The van der Waals surface area contributed by atoms with Crippen molar-refractivity contribution >= 4 is 0 Å². The van der Waals surface area contributed by atoms with E-state index in [0.29, 0.717) is 6.04 Å². The number of nitrogens with zero attached hydrogens (tertiary/aromatic N) is 2. The molecule has 82 valence electrons. The number of fused-ring (bicyclic) bond motifs is 1. The lowest BCUT2D eigenvalue weighted by atomic mass is 10.0. The molecule has 0 saturated carbocycles. The van der Waals surface area contributed by atoms with Crippen LogP contribution in [0.3, 0.4) is 0 Å². The molecule has 1 saturated heterocycles. The Morgan fingerprint density at radius 1 is 1.53 bits per heavy atom. The van der Waals surface area contributed by atoms with Gasteiger partial charge in [-0.15, -0.1) is 0 Å². The molecular weight excluding hydrogens is 190 g/mol. The van der Waals surface area contributed by atoms with E-state index in [4.69, 9.17) is 4.74 Å². The number of hydrogen-bond acceptors (Lipinski definition) is 3. The molecule has 2 aliphatic rings. The normalized spacial score (nSPS) is 22.5. The van der Waals surface area contributed by atoms with E-state index in [1.165, 1.54) is 17.0 Å². The van der Waals surface area contributed by atoms with Gasteiger partial charge in [0.15, 0.2) is 0 Å². The second-order valence-corrected chi connectivity index (χ2v) is 4.39. The van der Waals surface area contributed by atoms with E-state index in [-0.39, 0.29) is 0 Å². The maximum atomic E-state index is 5.23. The zero-order chi connectivity index (χ0) is 10.3. The molecule has 0 bridgehead atoms. The van der Waals surface area contributed by atoms with Crippen molar-refractivity contribution in [3.63, 3.8) is 0 Å². The fourth-order valence-corrected chi connectivity index (χ4v) is 2.45. The van der Waals surface area contributed by atoms with Crippen LogP contribution in [0.25, 0.3) is 0 Å². The van der Waals surface area contributed by atoms with Crippen molar-refractivity contribution in [3.05, 3.63) is 17.0 Å². The van der Waals surface area contributed by atoms with Crippen LogP contribution in [0, 0.1) is 0 Å². The van der Waals surface area contributed by atoms with Gasteiger partial charge in [-0.25, -0.2) is 0 Å². The molecule has 0 unspecified atom stereocenters. The summed E-state index contributed by atoms with van der Waals surface area (Å²) in [5.74, 6) is 0. The Kier molecular flexibility index (Phi) is 2.25. The Bertz CT molecular complexity index is 357. The molecule has 0 amide bonds. The number of aryl methyl sites for hydroxylation is 1. The third-order valence-electron chi connectivity index (χ3n) is 3.52. The number of nitrogens with one attached hydrogen (secondary N) is 1. The van der Waals surface area contributed by atoms with Gasteiger partial charge in [-0.2, -0.15) is 5.10 Å². The lowest BCUT2D eigenvalue weighted by Crippen LogP contribution is -2.50. The summed E-state index contributed by atoms with van der Waals surface area (Å²) in [5.41, 5.74) is 4.05. The van der Waals surface area contributed by atoms with Crippen LogP contribution in [-0.4, -0.2) is 40.9 Å². The van der Waals surface area contributed by atoms with Gasteiger partial charge in [0, 0.05) is 13.1 Å². The van der Waals surface area contributed by atoms with Crippen LogP contribution >= 0.6 is 0 Å². The second-order valence-electron chi connectivity index (χ2n) is 4.39. The zero-order valence-corrected chi connectivity index (χ0v) is 9.12. The van der Waals surface area contributed by atoms with Gasteiger partial charge in [-0.3, -0.25) is 10.00 Å². The molecule has 0 radical (unpaired) electrons. The molecule has 4 heteroatoms. The van der Waals surface area contributed by atoms with E-state index in [2.05, 4.69) is 22.0 Å².